The summed E-state index contributed by atoms with van der Waals surface area (Å²) in [7, 11) is 0. The number of amides is 2. The number of benzene rings is 2. The zero-order valence-corrected chi connectivity index (χ0v) is 17.5. The van der Waals surface area contributed by atoms with Gasteiger partial charge in [0.1, 0.15) is 11.6 Å². The number of carbonyl (C=O) groups is 2. The van der Waals surface area contributed by atoms with Gasteiger partial charge in [-0.3, -0.25) is 9.59 Å². The lowest BCUT2D eigenvalue weighted by molar-refractivity contribution is -0.135. The predicted octanol–water partition coefficient (Wildman–Crippen LogP) is 3.77. The molecule has 0 saturated heterocycles. The molecule has 3 saturated carbocycles. The van der Waals surface area contributed by atoms with Gasteiger partial charge in [0, 0.05) is 18.7 Å². The molecule has 0 aromatic heterocycles. The Balaban J connectivity index is 1.25. The number of rotatable bonds is 7. The zero-order chi connectivity index (χ0) is 21.3. The third-order valence-electron chi connectivity index (χ3n) is 6.11. The molecule has 2 aromatic rings. The first-order valence-electron chi connectivity index (χ1n) is 10.1. The molecule has 7 heteroatoms. The third kappa shape index (κ3) is 4.29. The van der Waals surface area contributed by atoms with E-state index in [4.69, 9.17) is 16.3 Å². The normalized spacial score (nSPS) is 24.1. The quantitative estimate of drug-likeness (QED) is 0.702. The van der Waals surface area contributed by atoms with Crippen molar-refractivity contribution < 1.29 is 18.7 Å². The molecule has 2 aromatic carbocycles. The van der Waals surface area contributed by atoms with E-state index >= 15 is 0 Å². The molecule has 5 nitrogen and oxygen atoms in total. The summed E-state index contributed by atoms with van der Waals surface area (Å²) in [6, 6.07) is 12.1. The molecule has 0 aliphatic heterocycles. The maximum atomic E-state index is 13.4. The van der Waals surface area contributed by atoms with Crippen molar-refractivity contribution in [2.24, 2.45) is 11.3 Å². The van der Waals surface area contributed by atoms with E-state index in [1.54, 1.807) is 0 Å². The lowest BCUT2D eigenvalue weighted by Gasteiger charge is -2.36. The maximum absolute atomic E-state index is 13.4. The lowest BCUT2D eigenvalue weighted by atomic mass is 9.69. The summed E-state index contributed by atoms with van der Waals surface area (Å²) in [6.45, 7) is 2.32. The summed E-state index contributed by atoms with van der Waals surface area (Å²) in [6.07, 6.45) is 2.22. The number of hydrogen-bond acceptors (Lipinski definition) is 3. The van der Waals surface area contributed by atoms with Crippen LogP contribution in [0.25, 0.3) is 0 Å². The van der Waals surface area contributed by atoms with Gasteiger partial charge in [0.05, 0.1) is 10.4 Å². The fraction of sp³-hybridized carbons (Fsp3) is 0.391. The molecular weight excluding hydrogens is 407 g/mol. The molecule has 0 heterocycles. The minimum atomic E-state index is -0.593. The predicted molar refractivity (Wildman–Crippen MR) is 112 cm³/mol. The zero-order valence-electron chi connectivity index (χ0n) is 16.7. The number of nitrogens with one attached hydrogen (secondary N) is 2. The van der Waals surface area contributed by atoms with Crippen LogP contribution in [0.4, 0.5) is 4.39 Å². The molecule has 0 radical (unpaired) electrons. The van der Waals surface area contributed by atoms with Gasteiger partial charge in [0.25, 0.3) is 5.91 Å². The van der Waals surface area contributed by atoms with Gasteiger partial charge in [-0.2, -0.15) is 0 Å². The van der Waals surface area contributed by atoms with Crippen LogP contribution >= 0.6 is 11.6 Å². The second-order valence-corrected chi connectivity index (χ2v) is 8.77. The smallest absolute Gasteiger partial charge is 0.258 e. The highest BCUT2D eigenvalue weighted by Gasteiger charge is 2.60. The SMILES string of the molecule is Cc1cccc(CNC(=O)C23CC(C2)[C@@H](NC(=O)COc2ccc(Cl)c(F)c2)C3)c1. The van der Waals surface area contributed by atoms with Gasteiger partial charge in [-0.1, -0.05) is 41.4 Å². The third-order valence-corrected chi connectivity index (χ3v) is 6.42. The Kier molecular flexibility index (Phi) is 5.69. The molecule has 3 fully saturated rings. The van der Waals surface area contributed by atoms with Crippen LogP contribution in [0.5, 0.6) is 5.75 Å². The van der Waals surface area contributed by atoms with Crippen LogP contribution in [0.15, 0.2) is 42.5 Å². The topological polar surface area (TPSA) is 67.4 Å². The van der Waals surface area contributed by atoms with Crippen molar-refractivity contribution >= 4 is 23.4 Å². The van der Waals surface area contributed by atoms with Gasteiger partial charge < -0.3 is 15.4 Å². The Morgan fingerprint density at radius 2 is 2.00 bits per heavy atom. The lowest BCUT2D eigenvalue weighted by Crippen LogP contribution is -2.44. The van der Waals surface area contributed by atoms with E-state index in [1.807, 2.05) is 25.1 Å². The number of fused-ring (bicyclic) bond motifs is 1. The standard InChI is InChI=1S/C23H24ClFN2O3/c1-14-3-2-4-15(7-14)12-26-22(29)23-9-16(10-23)20(11-23)27-21(28)13-30-17-5-6-18(24)19(25)8-17/h2-8,16,20H,9-13H2,1H3,(H,26,29)(H,27,28)/t16?,20-,23?/m0/s1. The van der Waals surface area contributed by atoms with E-state index in [9.17, 15) is 14.0 Å². The molecule has 158 valence electrons. The Bertz CT molecular complexity index is 975. The van der Waals surface area contributed by atoms with Gasteiger partial charge in [-0.15, -0.1) is 0 Å². The maximum Gasteiger partial charge on any atom is 0.258 e. The highest BCUT2D eigenvalue weighted by molar-refractivity contribution is 6.30. The first-order chi connectivity index (χ1) is 14.3. The summed E-state index contributed by atoms with van der Waals surface area (Å²) in [5, 5.41) is 6.02. The van der Waals surface area contributed by atoms with Crippen LogP contribution in [-0.2, 0) is 16.1 Å². The molecule has 0 unspecified atom stereocenters. The van der Waals surface area contributed by atoms with Crippen molar-refractivity contribution in [3.8, 4) is 5.75 Å². The Morgan fingerprint density at radius 3 is 2.73 bits per heavy atom. The molecule has 2 N–H and O–H groups in total. The van der Waals surface area contributed by atoms with E-state index in [-0.39, 0.29) is 40.7 Å². The van der Waals surface area contributed by atoms with Crippen LogP contribution in [0, 0.1) is 24.1 Å². The van der Waals surface area contributed by atoms with Crippen molar-refractivity contribution in [2.75, 3.05) is 6.61 Å². The van der Waals surface area contributed by atoms with Gasteiger partial charge in [0.2, 0.25) is 5.91 Å². The van der Waals surface area contributed by atoms with Crippen LogP contribution in [0.1, 0.15) is 30.4 Å². The summed E-state index contributed by atoms with van der Waals surface area (Å²) in [5.41, 5.74) is 1.86. The van der Waals surface area contributed by atoms with Crippen molar-refractivity contribution in [1.29, 1.82) is 0 Å². The number of ether oxygens (including phenoxy) is 1. The van der Waals surface area contributed by atoms with Gasteiger partial charge in [-0.25, -0.2) is 4.39 Å². The summed E-state index contributed by atoms with van der Waals surface area (Å²) >= 11 is 5.64. The Labute approximate surface area is 179 Å². The second kappa shape index (κ2) is 8.26. The van der Waals surface area contributed by atoms with Crippen molar-refractivity contribution in [1.82, 2.24) is 10.6 Å². The van der Waals surface area contributed by atoms with Crippen molar-refractivity contribution in [3.05, 3.63) is 64.4 Å². The molecule has 2 amide bonds. The van der Waals surface area contributed by atoms with Crippen LogP contribution in [0.2, 0.25) is 5.02 Å². The molecule has 5 rings (SSSR count). The van der Waals surface area contributed by atoms with Gasteiger partial charge >= 0.3 is 0 Å². The molecule has 30 heavy (non-hydrogen) atoms. The van der Waals surface area contributed by atoms with E-state index in [0.717, 1.165) is 30.0 Å². The van der Waals surface area contributed by atoms with Crippen molar-refractivity contribution in [3.63, 3.8) is 0 Å². The van der Waals surface area contributed by atoms with Gasteiger partial charge in [0.15, 0.2) is 6.61 Å². The average Bonchev–Trinajstić information content (AvgIpc) is 3.22. The van der Waals surface area contributed by atoms with E-state index < -0.39 is 5.82 Å². The number of halogens is 2. The monoisotopic (exact) mass is 430 g/mol. The highest BCUT2D eigenvalue weighted by Crippen LogP contribution is 2.58. The van der Waals surface area contributed by atoms with Crippen molar-refractivity contribution in [2.45, 2.75) is 38.8 Å². The molecule has 2 bridgehead atoms. The molecule has 3 aliphatic carbocycles. The van der Waals surface area contributed by atoms with E-state index in [0.29, 0.717) is 18.9 Å². The molecular formula is C23H24ClFN2O3. The van der Waals surface area contributed by atoms with Gasteiger partial charge in [-0.05, 0) is 49.8 Å². The minimum absolute atomic E-state index is 0.00325. The summed E-state index contributed by atoms with van der Waals surface area (Å²) < 4.78 is 18.8. The van der Waals surface area contributed by atoms with Crippen LogP contribution < -0.4 is 15.4 Å². The summed E-state index contributed by atoms with van der Waals surface area (Å²) in [5.74, 6) is -0.255. The number of aryl methyl sites for hydroxylation is 1. The molecule has 3 aliphatic rings. The minimum Gasteiger partial charge on any atom is -0.484 e. The highest BCUT2D eigenvalue weighted by atomic mass is 35.5. The Hall–Kier alpha value is -2.60. The number of carbonyl (C=O) groups excluding carboxylic acids is 2. The fourth-order valence-corrected chi connectivity index (χ4v) is 4.70. The first kappa shape index (κ1) is 20.7. The number of hydrogen-bond donors (Lipinski definition) is 2. The Morgan fingerprint density at radius 1 is 1.20 bits per heavy atom. The largest absolute Gasteiger partial charge is 0.484 e. The summed E-state index contributed by atoms with van der Waals surface area (Å²) in [4.78, 5) is 25.0. The molecule has 1 atom stereocenters. The van der Waals surface area contributed by atoms with E-state index in [2.05, 4.69) is 16.7 Å². The average molecular weight is 431 g/mol. The van der Waals surface area contributed by atoms with Crippen LogP contribution in [-0.4, -0.2) is 24.5 Å². The fourth-order valence-electron chi connectivity index (χ4n) is 4.59. The van der Waals surface area contributed by atoms with Crippen LogP contribution in [0.3, 0.4) is 0 Å². The molecule has 0 spiro atoms. The van der Waals surface area contributed by atoms with E-state index in [1.165, 1.54) is 12.1 Å². The first-order valence-corrected chi connectivity index (χ1v) is 10.4. The second-order valence-electron chi connectivity index (χ2n) is 8.36.